The molecule has 0 unspecified atom stereocenters. The van der Waals surface area contributed by atoms with Crippen molar-refractivity contribution in [3.05, 3.63) is 47.7 Å². The SMILES string of the molecule is C/C(=C\C(=O)O)c1ccc(-c2ccc3c(c2)CCN3C)o1. The van der Waals surface area contributed by atoms with Crippen LogP contribution in [0.1, 0.15) is 18.2 Å². The van der Waals surface area contributed by atoms with Crippen LogP contribution in [0.2, 0.25) is 0 Å². The van der Waals surface area contributed by atoms with E-state index in [-0.39, 0.29) is 0 Å². The number of carboxylic acid groups (broad SMARTS) is 1. The van der Waals surface area contributed by atoms with Crippen LogP contribution < -0.4 is 4.90 Å². The number of hydrogen-bond donors (Lipinski definition) is 1. The zero-order valence-corrected chi connectivity index (χ0v) is 12.1. The molecule has 4 heteroatoms. The molecule has 1 aliphatic rings. The molecule has 0 saturated carbocycles. The van der Waals surface area contributed by atoms with E-state index in [4.69, 9.17) is 9.52 Å². The Morgan fingerprint density at radius 1 is 1.33 bits per heavy atom. The highest BCUT2D eigenvalue weighted by molar-refractivity contribution is 5.88. The lowest BCUT2D eigenvalue weighted by Crippen LogP contribution is -2.12. The summed E-state index contributed by atoms with van der Waals surface area (Å²) in [5.74, 6) is 0.386. The van der Waals surface area contributed by atoms with Crippen molar-refractivity contribution in [2.75, 3.05) is 18.5 Å². The third kappa shape index (κ3) is 2.57. The molecule has 3 rings (SSSR count). The van der Waals surface area contributed by atoms with Gasteiger partial charge in [0.25, 0.3) is 0 Å². The van der Waals surface area contributed by atoms with Gasteiger partial charge in [-0.05, 0) is 54.8 Å². The zero-order valence-electron chi connectivity index (χ0n) is 12.1. The molecule has 0 aliphatic carbocycles. The Hall–Kier alpha value is -2.49. The largest absolute Gasteiger partial charge is 0.478 e. The van der Waals surface area contributed by atoms with E-state index in [1.54, 1.807) is 6.92 Å². The summed E-state index contributed by atoms with van der Waals surface area (Å²) < 4.78 is 5.77. The number of carbonyl (C=O) groups is 1. The Bertz CT molecular complexity index is 727. The number of anilines is 1. The van der Waals surface area contributed by atoms with Gasteiger partial charge in [-0.1, -0.05) is 0 Å². The van der Waals surface area contributed by atoms with Crippen LogP contribution in [0.15, 0.2) is 40.8 Å². The second kappa shape index (κ2) is 5.13. The number of allylic oxidation sites excluding steroid dienone is 1. The number of hydrogen-bond acceptors (Lipinski definition) is 3. The van der Waals surface area contributed by atoms with Crippen molar-refractivity contribution in [1.82, 2.24) is 0 Å². The summed E-state index contributed by atoms with van der Waals surface area (Å²) in [6.45, 7) is 2.77. The maximum absolute atomic E-state index is 10.7. The number of fused-ring (bicyclic) bond motifs is 1. The minimum Gasteiger partial charge on any atom is -0.478 e. The third-order valence-corrected chi connectivity index (χ3v) is 3.83. The number of likely N-dealkylation sites (N-methyl/N-ethyl adjacent to an activating group) is 1. The minimum atomic E-state index is -0.967. The summed E-state index contributed by atoms with van der Waals surface area (Å²) in [6, 6.07) is 10.00. The Kier molecular flexibility index (Phi) is 3.29. The molecule has 108 valence electrons. The van der Waals surface area contributed by atoms with Crippen LogP contribution in [0.25, 0.3) is 16.9 Å². The van der Waals surface area contributed by atoms with Gasteiger partial charge in [-0.25, -0.2) is 4.79 Å². The van der Waals surface area contributed by atoms with E-state index in [2.05, 4.69) is 24.1 Å². The van der Waals surface area contributed by atoms with Gasteiger partial charge in [0.15, 0.2) is 0 Å². The van der Waals surface area contributed by atoms with Crippen LogP contribution in [0.4, 0.5) is 5.69 Å². The highest BCUT2D eigenvalue weighted by Crippen LogP contribution is 2.32. The van der Waals surface area contributed by atoms with Crippen molar-refractivity contribution in [2.24, 2.45) is 0 Å². The Balaban J connectivity index is 1.92. The van der Waals surface area contributed by atoms with E-state index in [0.29, 0.717) is 11.3 Å². The second-order valence-corrected chi connectivity index (χ2v) is 5.34. The maximum Gasteiger partial charge on any atom is 0.328 e. The first-order chi connectivity index (χ1) is 10.0. The van der Waals surface area contributed by atoms with Gasteiger partial charge in [0.1, 0.15) is 11.5 Å². The molecule has 21 heavy (non-hydrogen) atoms. The fourth-order valence-corrected chi connectivity index (χ4v) is 2.68. The molecule has 1 aliphatic heterocycles. The van der Waals surface area contributed by atoms with Crippen molar-refractivity contribution in [1.29, 1.82) is 0 Å². The quantitative estimate of drug-likeness (QED) is 0.877. The van der Waals surface area contributed by atoms with Crippen LogP contribution in [-0.2, 0) is 11.2 Å². The predicted molar refractivity (Wildman–Crippen MR) is 82.4 cm³/mol. The van der Waals surface area contributed by atoms with E-state index in [9.17, 15) is 4.79 Å². The molecule has 0 spiro atoms. The summed E-state index contributed by atoms with van der Waals surface area (Å²) in [5, 5.41) is 8.78. The van der Waals surface area contributed by atoms with E-state index in [1.165, 1.54) is 11.3 Å². The van der Waals surface area contributed by atoms with Crippen LogP contribution in [-0.4, -0.2) is 24.7 Å². The number of carboxylic acids is 1. The van der Waals surface area contributed by atoms with Gasteiger partial charge < -0.3 is 14.4 Å². The van der Waals surface area contributed by atoms with E-state index >= 15 is 0 Å². The Morgan fingerprint density at radius 2 is 2.14 bits per heavy atom. The average molecular weight is 283 g/mol. The zero-order chi connectivity index (χ0) is 15.0. The first-order valence-electron chi connectivity index (χ1n) is 6.90. The van der Waals surface area contributed by atoms with E-state index < -0.39 is 5.97 Å². The van der Waals surface area contributed by atoms with Gasteiger partial charge in [0, 0.05) is 30.9 Å². The molecule has 0 saturated heterocycles. The summed E-state index contributed by atoms with van der Waals surface area (Å²) in [4.78, 5) is 12.9. The van der Waals surface area contributed by atoms with E-state index in [0.717, 1.165) is 30.4 Å². The fraction of sp³-hybridized carbons (Fsp3) is 0.235. The van der Waals surface area contributed by atoms with Crippen LogP contribution >= 0.6 is 0 Å². The fourth-order valence-electron chi connectivity index (χ4n) is 2.68. The number of furan rings is 1. The normalized spacial score (nSPS) is 14.4. The van der Waals surface area contributed by atoms with Gasteiger partial charge in [-0.3, -0.25) is 0 Å². The molecule has 2 heterocycles. The first kappa shape index (κ1) is 13.5. The molecule has 1 aromatic heterocycles. The van der Waals surface area contributed by atoms with Gasteiger partial charge in [0.05, 0.1) is 0 Å². The standard InChI is InChI=1S/C17H17NO3/c1-11(9-17(19)20)15-5-6-16(21-15)13-3-4-14-12(10-13)7-8-18(14)2/h3-6,9-10H,7-8H2,1-2H3,(H,19,20)/b11-9+. The average Bonchev–Trinajstić information content (AvgIpc) is 3.05. The van der Waals surface area contributed by atoms with E-state index in [1.807, 2.05) is 18.2 Å². The van der Waals surface area contributed by atoms with Crippen molar-refractivity contribution in [3.8, 4) is 11.3 Å². The van der Waals surface area contributed by atoms with Crippen molar-refractivity contribution >= 4 is 17.2 Å². The molecule has 4 nitrogen and oxygen atoms in total. The van der Waals surface area contributed by atoms with Gasteiger partial charge in [-0.15, -0.1) is 0 Å². The Labute approximate surface area is 123 Å². The molecule has 0 fully saturated rings. The Morgan fingerprint density at radius 3 is 2.90 bits per heavy atom. The number of rotatable bonds is 3. The lowest BCUT2D eigenvalue weighted by molar-refractivity contribution is -0.131. The van der Waals surface area contributed by atoms with Gasteiger partial charge in [0.2, 0.25) is 0 Å². The summed E-state index contributed by atoms with van der Waals surface area (Å²) in [7, 11) is 2.09. The van der Waals surface area contributed by atoms with Crippen LogP contribution in [0.5, 0.6) is 0 Å². The van der Waals surface area contributed by atoms with Crippen molar-refractivity contribution < 1.29 is 14.3 Å². The van der Waals surface area contributed by atoms with Crippen LogP contribution in [0, 0.1) is 0 Å². The second-order valence-electron chi connectivity index (χ2n) is 5.34. The molecule has 0 bridgehead atoms. The molecule has 1 aromatic carbocycles. The molecule has 0 atom stereocenters. The highest BCUT2D eigenvalue weighted by atomic mass is 16.4. The number of benzene rings is 1. The summed E-state index contributed by atoms with van der Waals surface area (Å²) >= 11 is 0. The lowest BCUT2D eigenvalue weighted by atomic mass is 10.1. The topological polar surface area (TPSA) is 53.7 Å². The minimum absolute atomic E-state index is 0.588. The van der Waals surface area contributed by atoms with Gasteiger partial charge >= 0.3 is 5.97 Å². The van der Waals surface area contributed by atoms with Crippen molar-refractivity contribution in [3.63, 3.8) is 0 Å². The molecule has 0 amide bonds. The number of nitrogens with zero attached hydrogens (tertiary/aromatic N) is 1. The third-order valence-electron chi connectivity index (χ3n) is 3.83. The monoisotopic (exact) mass is 283 g/mol. The van der Waals surface area contributed by atoms with Crippen molar-refractivity contribution in [2.45, 2.75) is 13.3 Å². The molecule has 0 radical (unpaired) electrons. The lowest BCUT2D eigenvalue weighted by Gasteiger charge is -2.11. The number of aliphatic carboxylic acids is 1. The smallest absolute Gasteiger partial charge is 0.328 e. The molecular formula is C17H17NO3. The first-order valence-corrected chi connectivity index (χ1v) is 6.90. The van der Waals surface area contributed by atoms with Crippen LogP contribution in [0.3, 0.4) is 0 Å². The molecule has 2 aromatic rings. The maximum atomic E-state index is 10.7. The highest BCUT2D eigenvalue weighted by Gasteiger charge is 2.17. The molecule has 1 N–H and O–H groups in total. The summed E-state index contributed by atoms with van der Waals surface area (Å²) in [6.07, 6.45) is 2.20. The van der Waals surface area contributed by atoms with Gasteiger partial charge in [-0.2, -0.15) is 0 Å². The predicted octanol–water partition coefficient (Wildman–Crippen LogP) is 3.43. The summed E-state index contributed by atoms with van der Waals surface area (Å²) in [5.41, 5.74) is 4.23. The molecular weight excluding hydrogens is 266 g/mol.